The zero-order valence-electron chi connectivity index (χ0n) is 7.56. The van der Waals surface area contributed by atoms with Crippen LogP contribution in [-0.4, -0.2) is 31.2 Å². The molecule has 0 aromatic carbocycles. The first-order valence-electron chi connectivity index (χ1n) is 4.28. The van der Waals surface area contributed by atoms with Crippen LogP contribution < -0.4 is 11.2 Å². The van der Waals surface area contributed by atoms with E-state index in [0.717, 1.165) is 0 Å². The second kappa shape index (κ2) is 4.76. The Hall–Kier alpha value is -1.17. The molecular formula is C7H14N4O2. The van der Waals surface area contributed by atoms with Gasteiger partial charge in [0.25, 0.3) is 0 Å². The summed E-state index contributed by atoms with van der Waals surface area (Å²) >= 11 is 0. The van der Waals surface area contributed by atoms with Gasteiger partial charge in [0.2, 0.25) is 0 Å². The molecule has 1 aliphatic heterocycles. The van der Waals surface area contributed by atoms with Crippen LogP contribution in [0.3, 0.4) is 0 Å². The van der Waals surface area contributed by atoms with Crippen molar-refractivity contribution in [2.75, 3.05) is 13.2 Å². The quantitative estimate of drug-likeness (QED) is 0.272. The lowest BCUT2D eigenvalue weighted by molar-refractivity contribution is -0.145. The Labute approximate surface area is 76.5 Å². The van der Waals surface area contributed by atoms with Crippen LogP contribution in [0, 0.1) is 0 Å². The highest BCUT2D eigenvalue weighted by Crippen LogP contribution is 2.11. The third kappa shape index (κ3) is 2.66. The van der Waals surface area contributed by atoms with Gasteiger partial charge in [0.1, 0.15) is 6.04 Å². The molecule has 6 nitrogen and oxygen atoms in total. The van der Waals surface area contributed by atoms with Crippen molar-refractivity contribution < 1.29 is 9.53 Å². The summed E-state index contributed by atoms with van der Waals surface area (Å²) in [6, 6.07) is -0.255. The molecule has 1 fully saturated rings. The minimum absolute atomic E-state index is 0.000550. The second-order valence-electron chi connectivity index (χ2n) is 2.83. The number of nitrogens with two attached hydrogens (primary N) is 1. The number of nitrogens with one attached hydrogen (secondary N) is 1. The van der Waals surface area contributed by atoms with Crippen LogP contribution >= 0.6 is 0 Å². The summed E-state index contributed by atoms with van der Waals surface area (Å²) in [6.45, 7) is 2.81. The van der Waals surface area contributed by atoms with E-state index >= 15 is 0 Å². The lowest BCUT2D eigenvalue weighted by atomic mass is 10.2. The number of carbonyl (C=O) groups is 1. The van der Waals surface area contributed by atoms with Crippen molar-refractivity contribution >= 4 is 5.97 Å². The molecule has 0 bridgehead atoms. The number of carbonyl (C=O) groups excluding carboxylic acids is 1. The van der Waals surface area contributed by atoms with Crippen LogP contribution in [0.2, 0.25) is 0 Å². The van der Waals surface area contributed by atoms with E-state index in [1.807, 2.05) is 0 Å². The largest absolute Gasteiger partial charge is 0.465 e. The number of nitrogens with zero attached hydrogens (tertiary/aromatic N) is 2. The predicted octanol–water partition coefficient (Wildman–Crippen LogP) is -0.394. The number of hydrogen-bond donors (Lipinski definition) is 2. The first-order chi connectivity index (χ1) is 6.27. The van der Waals surface area contributed by atoms with Crippen molar-refractivity contribution in [1.82, 2.24) is 5.32 Å². The Morgan fingerprint density at radius 3 is 3.15 bits per heavy atom. The average molecular weight is 186 g/mol. The molecule has 13 heavy (non-hydrogen) atoms. The van der Waals surface area contributed by atoms with Gasteiger partial charge in [-0.15, -0.1) is 0 Å². The van der Waals surface area contributed by atoms with Gasteiger partial charge in [-0.05, 0) is 13.3 Å². The molecule has 0 saturated carbocycles. The van der Waals surface area contributed by atoms with Crippen LogP contribution in [0.5, 0.6) is 0 Å². The van der Waals surface area contributed by atoms with Gasteiger partial charge in [0, 0.05) is 6.54 Å². The summed E-state index contributed by atoms with van der Waals surface area (Å²) in [4.78, 5) is 11.2. The van der Waals surface area contributed by atoms with E-state index in [1.54, 1.807) is 6.92 Å². The maximum absolute atomic E-state index is 11.2. The summed E-state index contributed by atoms with van der Waals surface area (Å²) in [7, 11) is 0. The van der Waals surface area contributed by atoms with Crippen molar-refractivity contribution in [1.29, 1.82) is 0 Å². The molecule has 1 aliphatic rings. The van der Waals surface area contributed by atoms with Crippen molar-refractivity contribution in [3.63, 3.8) is 0 Å². The predicted molar refractivity (Wildman–Crippen MR) is 45.9 cm³/mol. The molecule has 0 aliphatic carbocycles. The Balaban J connectivity index is 2.36. The molecule has 1 saturated heterocycles. The number of ether oxygens (including phenoxy) is 1. The molecule has 2 atom stereocenters. The van der Waals surface area contributed by atoms with E-state index in [9.17, 15) is 4.79 Å². The molecule has 1 rings (SSSR count). The van der Waals surface area contributed by atoms with Gasteiger partial charge >= 0.3 is 5.97 Å². The van der Waals surface area contributed by atoms with Crippen molar-refractivity contribution in [3.05, 3.63) is 0 Å². The molecule has 74 valence electrons. The van der Waals surface area contributed by atoms with Crippen molar-refractivity contribution in [2.45, 2.75) is 25.4 Å². The van der Waals surface area contributed by atoms with Gasteiger partial charge < -0.3 is 15.9 Å². The molecular weight excluding hydrogens is 172 g/mol. The van der Waals surface area contributed by atoms with Crippen LogP contribution in [0.15, 0.2) is 10.3 Å². The number of esters is 1. The fraction of sp³-hybridized carbons (Fsp3) is 0.857. The summed E-state index contributed by atoms with van der Waals surface area (Å²) in [5, 5.41) is 9.93. The van der Waals surface area contributed by atoms with E-state index in [0.29, 0.717) is 19.6 Å². The highest BCUT2D eigenvalue weighted by atomic mass is 16.5. The molecule has 6 heteroatoms. The van der Waals surface area contributed by atoms with E-state index in [-0.39, 0.29) is 18.1 Å². The molecule has 0 unspecified atom stereocenters. The standard InChI is InChI=1S/C7H14N4O2/c1-2-13-7(12)6-3-5(4-9-6)10-11-8/h5-6,9H,2-4H2,1H3,(H2,8,10)/t5-,6-/m0/s1. The van der Waals surface area contributed by atoms with E-state index < -0.39 is 0 Å². The maximum atomic E-state index is 11.2. The molecule has 1 heterocycles. The molecule has 0 aromatic heterocycles. The van der Waals surface area contributed by atoms with Crippen LogP contribution in [0.1, 0.15) is 13.3 Å². The fourth-order valence-corrected chi connectivity index (χ4v) is 1.32. The van der Waals surface area contributed by atoms with Gasteiger partial charge in [-0.3, -0.25) is 4.79 Å². The Morgan fingerprint density at radius 1 is 1.77 bits per heavy atom. The SMILES string of the molecule is CCOC(=O)[C@@H]1C[C@H](N=NN)CN1. The maximum Gasteiger partial charge on any atom is 0.323 e. The minimum Gasteiger partial charge on any atom is -0.465 e. The van der Waals surface area contributed by atoms with Gasteiger partial charge in [-0.2, -0.15) is 5.11 Å². The summed E-state index contributed by atoms with van der Waals surface area (Å²) in [6.07, 6.45) is 0.611. The zero-order valence-corrected chi connectivity index (χ0v) is 7.56. The minimum atomic E-state index is -0.254. The average Bonchev–Trinajstić information content (AvgIpc) is 2.54. The van der Waals surface area contributed by atoms with Crippen molar-refractivity contribution in [3.8, 4) is 0 Å². The zero-order chi connectivity index (χ0) is 9.68. The first kappa shape index (κ1) is 9.91. The van der Waals surface area contributed by atoms with Crippen molar-refractivity contribution in [2.24, 2.45) is 16.2 Å². The van der Waals surface area contributed by atoms with E-state index in [1.165, 1.54) is 0 Å². The lowest BCUT2D eigenvalue weighted by Crippen LogP contribution is -2.32. The Bertz CT molecular complexity index is 207. The molecule has 3 N–H and O–H groups in total. The van der Waals surface area contributed by atoms with Gasteiger partial charge in [-0.1, -0.05) is 5.22 Å². The second-order valence-corrected chi connectivity index (χ2v) is 2.83. The fourth-order valence-electron chi connectivity index (χ4n) is 1.32. The third-order valence-corrected chi connectivity index (χ3v) is 1.91. The van der Waals surface area contributed by atoms with Gasteiger partial charge in [0.15, 0.2) is 0 Å². The summed E-state index contributed by atoms with van der Waals surface area (Å²) in [5.41, 5.74) is 0. The summed E-state index contributed by atoms with van der Waals surface area (Å²) in [5.74, 6) is 4.68. The smallest absolute Gasteiger partial charge is 0.323 e. The molecule has 0 radical (unpaired) electrons. The number of hydrogen-bond acceptors (Lipinski definition) is 5. The monoisotopic (exact) mass is 186 g/mol. The molecule has 0 amide bonds. The van der Waals surface area contributed by atoms with Crippen LogP contribution in [0.25, 0.3) is 0 Å². The highest BCUT2D eigenvalue weighted by Gasteiger charge is 2.30. The highest BCUT2D eigenvalue weighted by molar-refractivity contribution is 5.76. The van der Waals surface area contributed by atoms with E-state index in [2.05, 4.69) is 15.7 Å². The summed E-state index contributed by atoms with van der Waals surface area (Å²) < 4.78 is 4.85. The molecule has 0 spiro atoms. The van der Waals surface area contributed by atoms with Crippen LogP contribution in [0.4, 0.5) is 0 Å². The lowest BCUT2D eigenvalue weighted by Gasteiger charge is -2.07. The topological polar surface area (TPSA) is 89.1 Å². The Morgan fingerprint density at radius 2 is 2.54 bits per heavy atom. The Kier molecular flexibility index (Phi) is 3.63. The molecule has 0 aromatic rings. The number of rotatable bonds is 3. The third-order valence-electron chi connectivity index (χ3n) is 1.91. The van der Waals surface area contributed by atoms with Gasteiger partial charge in [0.05, 0.1) is 12.6 Å². The normalized spacial score (nSPS) is 28.1. The van der Waals surface area contributed by atoms with E-state index in [4.69, 9.17) is 10.6 Å². The van der Waals surface area contributed by atoms with Crippen LogP contribution in [-0.2, 0) is 9.53 Å². The first-order valence-corrected chi connectivity index (χ1v) is 4.28. The van der Waals surface area contributed by atoms with Gasteiger partial charge in [-0.25, -0.2) is 0 Å².